The van der Waals surface area contributed by atoms with E-state index in [2.05, 4.69) is 19.2 Å². The summed E-state index contributed by atoms with van der Waals surface area (Å²) in [6.07, 6.45) is 2.08. The molecule has 0 aromatic heterocycles. The Morgan fingerprint density at radius 3 is 2.93 bits per heavy atom. The Kier molecular flexibility index (Phi) is 5.79. The maximum atomic E-state index is 12.1. The fraction of sp³-hybridized carbons (Fsp3) is 1.00. The monoisotopic (exact) mass is 233 g/mol. The third-order valence-electron chi connectivity index (χ3n) is 3.16. The molecule has 1 rings (SSSR count). The van der Waals surface area contributed by atoms with Crippen molar-refractivity contribution >= 4 is 10.8 Å². The van der Waals surface area contributed by atoms with Crippen LogP contribution in [0.5, 0.6) is 0 Å². The Morgan fingerprint density at radius 1 is 1.60 bits per heavy atom. The first-order valence-electron chi connectivity index (χ1n) is 5.81. The van der Waals surface area contributed by atoms with Crippen LogP contribution in [0.15, 0.2) is 0 Å². The molecule has 0 aromatic rings. The summed E-state index contributed by atoms with van der Waals surface area (Å²) in [5.74, 6) is 1.35. The van der Waals surface area contributed by atoms with Crippen molar-refractivity contribution in [2.24, 2.45) is 5.92 Å². The molecule has 0 aliphatic carbocycles. The van der Waals surface area contributed by atoms with Gasteiger partial charge < -0.3 is 10.1 Å². The molecule has 90 valence electrons. The molecule has 4 atom stereocenters. The van der Waals surface area contributed by atoms with Crippen molar-refractivity contribution < 1.29 is 8.95 Å². The molecular formula is C11H23NO2S. The Labute approximate surface area is 95.4 Å². The molecule has 1 saturated heterocycles. The molecule has 3 nitrogen and oxygen atoms in total. The summed E-state index contributed by atoms with van der Waals surface area (Å²) >= 11 is 0. The van der Waals surface area contributed by atoms with Gasteiger partial charge in [0.25, 0.3) is 0 Å². The average Bonchev–Trinajstić information content (AvgIpc) is 2.28. The Balaban J connectivity index is 2.48. The van der Waals surface area contributed by atoms with Gasteiger partial charge in [0.05, 0.1) is 11.9 Å². The van der Waals surface area contributed by atoms with E-state index in [-0.39, 0.29) is 5.25 Å². The maximum Gasteiger partial charge on any atom is 0.0735 e. The van der Waals surface area contributed by atoms with Crippen LogP contribution in [-0.2, 0) is 15.5 Å². The van der Waals surface area contributed by atoms with Crippen molar-refractivity contribution in [3.8, 4) is 0 Å². The summed E-state index contributed by atoms with van der Waals surface area (Å²) in [4.78, 5) is 0. The predicted octanol–water partition coefficient (Wildman–Crippen LogP) is 1.16. The van der Waals surface area contributed by atoms with E-state index in [1.54, 1.807) is 0 Å². The summed E-state index contributed by atoms with van der Waals surface area (Å²) in [6, 6.07) is 0.364. The molecule has 1 N–H and O–H groups in total. The summed E-state index contributed by atoms with van der Waals surface area (Å²) in [7, 11) is 1.19. The molecular weight excluding hydrogens is 210 g/mol. The van der Waals surface area contributed by atoms with Crippen LogP contribution in [-0.4, -0.2) is 41.5 Å². The summed E-state index contributed by atoms with van der Waals surface area (Å²) in [5.41, 5.74) is 0. The fourth-order valence-corrected chi connectivity index (χ4v) is 3.75. The van der Waals surface area contributed by atoms with Gasteiger partial charge in [-0.2, -0.15) is 0 Å². The highest BCUT2D eigenvalue weighted by atomic mass is 32.2. The summed E-state index contributed by atoms with van der Waals surface area (Å²) in [5, 5.41) is 3.43. The molecule has 4 heteroatoms. The van der Waals surface area contributed by atoms with Gasteiger partial charge in [0.1, 0.15) is 0 Å². The number of hydrogen-bond donors (Lipinski definition) is 1. The highest BCUT2D eigenvalue weighted by Gasteiger charge is 2.29. The molecule has 0 spiro atoms. The second-order valence-corrected chi connectivity index (χ2v) is 6.06. The molecule has 0 radical (unpaired) electrons. The SMILES string of the molecule is CCC(C)CS(=O)C1COCCC1NC. The largest absolute Gasteiger partial charge is 0.380 e. The zero-order valence-electron chi connectivity index (χ0n) is 9.99. The lowest BCUT2D eigenvalue weighted by atomic mass is 10.1. The van der Waals surface area contributed by atoms with Crippen LogP contribution >= 0.6 is 0 Å². The maximum absolute atomic E-state index is 12.1. The van der Waals surface area contributed by atoms with E-state index < -0.39 is 10.8 Å². The minimum Gasteiger partial charge on any atom is -0.380 e. The molecule has 0 aromatic carbocycles. The third kappa shape index (κ3) is 3.85. The Morgan fingerprint density at radius 2 is 2.33 bits per heavy atom. The van der Waals surface area contributed by atoms with Crippen LogP contribution in [0.3, 0.4) is 0 Å². The Hall–Kier alpha value is 0.0700. The van der Waals surface area contributed by atoms with Gasteiger partial charge in [0.15, 0.2) is 0 Å². The van der Waals surface area contributed by atoms with E-state index in [4.69, 9.17) is 4.74 Å². The van der Waals surface area contributed by atoms with Crippen molar-refractivity contribution in [3.05, 3.63) is 0 Å². The minimum absolute atomic E-state index is 0.178. The van der Waals surface area contributed by atoms with E-state index in [9.17, 15) is 4.21 Å². The van der Waals surface area contributed by atoms with Gasteiger partial charge >= 0.3 is 0 Å². The van der Waals surface area contributed by atoms with Gasteiger partial charge in [-0.15, -0.1) is 0 Å². The molecule has 1 heterocycles. The predicted molar refractivity (Wildman–Crippen MR) is 64.5 cm³/mol. The van der Waals surface area contributed by atoms with Gasteiger partial charge in [-0.25, -0.2) is 0 Å². The standard InChI is InChI=1S/C11H23NO2S/c1-4-9(2)8-15(13)11-7-14-6-5-10(11)12-3/h9-12H,4-8H2,1-3H3. The van der Waals surface area contributed by atoms with Crippen molar-refractivity contribution in [2.45, 2.75) is 38.0 Å². The van der Waals surface area contributed by atoms with Gasteiger partial charge in [-0.05, 0) is 19.4 Å². The second-order valence-electron chi connectivity index (χ2n) is 4.36. The molecule has 0 bridgehead atoms. The van der Waals surface area contributed by atoms with Crippen molar-refractivity contribution in [2.75, 3.05) is 26.0 Å². The summed E-state index contributed by atoms with van der Waals surface area (Å²) in [6.45, 7) is 5.75. The average molecular weight is 233 g/mol. The quantitative estimate of drug-likeness (QED) is 0.774. The Bertz CT molecular complexity index is 211. The molecule has 15 heavy (non-hydrogen) atoms. The van der Waals surface area contributed by atoms with Gasteiger partial charge in [-0.3, -0.25) is 4.21 Å². The van der Waals surface area contributed by atoms with Crippen LogP contribution < -0.4 is 5.32 Å². The normalized spacial score (nSPS) is 31.1. The van der Waals surface area contributed by atoms with Crippen LogP contribution in [0.2, 0.25) is 0 Å². The van der Waals surface area contributed by atoms with E-state index in [0.29, 0.717) is 18.6 Å². The van der Waals surface area contributed by atoms with E-state index in [1.807, 2.05) is 7.05 Å². The molecule has 0 saturated carbocycles. The highest BCUT2D eigenvalue weighted by Crippen LogP contribution is 2.16. The first-order valence-corrected chi connectivity index (χ1v) is 7.19. The van der Waals surface area contributed by atoms with E-state index in [0.717, 1.165) is 25.2 Å². The van der Waals surface area contributed by atoms with E-state index >= 15 is 0 Å². The third-order valence-corrected chi connectivity index (χ3v) is 5.20. The number of nitrogens with one attached hydrogen (secondary N) is 1. The minimum atomic E-state index is -0.754. The lowest BCUT2D eigenvalue weighted by Gasteiger charge is -2.31. The van der Waals surface area contributed by atoms with Gasteiger partial charge in [0.2, 0.25) is 0 Å². The van der Waals surface area contributed by atoms with Gasteiger partial charge in [-0.1, -0.05) is 20.3 Å². The van der Waals surface area contributed by atoms with Crippen molar-refractivity contribution in [3.63, 3.8) is 0 Å². The van der Waals surface area contributed by atoms with Crippen LogP contribution in [0.1, 0.15) is 26.7 Å². The molecule has 0 amide bonds. The topological polar surface area (TPSA) is 38.3 Å². The first-order chi connectivity index (χ1) is 7.19. The molecule has 1 aliphatic heterocycles. The number of rotatable bonds is 5. The smallest absolute Gasteiger partial charge is 0.0735 e. The first kappa shape index (κ1) is 13.1. The lowest BCUT2D eigenvalue weighted by molar-refractivity contribution is 0.0837. The van der Waals surface area contributed by atoms with Crippen LogP contribution in [0.25, 0.3) is 0 Å². The second kappa shape index (κ2) is 6.61. The zero-order chi connectivity index (χ0) is 11.3. The molecule has 4 unspecified atom stereocenters. The number of hydrogen-bond acceptors (Lipinski definition) is 3. The van der Waals surface area contributed by atoms with E-state index in [1.165, 1.54) is 0 Å². The van der Waals surface area contributed by atoms with Gasteiger partial charge in [0, 0.05) is 29.2 Å². The van der Waals surface area contributed by atoms with Crippen molar-refractivity contribution in [1.29, 1.82) is 0 Å². The zero-order valence-corrected chi connectivity index (χ0v) is 10.8. The van der Waals surface area contributed by atoms with Crippen LogP contribution in [0, 0.1) is 5.92 Å². The number of ether oxygens (including phenoxy) is 1. The molecule has 1 aliphatic rings. The highest BCUT2D eigenvalue weighted by molar-refractivity contribution is 7.85. The van der Waals surface area contributed by atoms with Crippen molar-refractivity contribution in [1.82, 2.24) is 5.32 Å². The van der Waals surface area contributed by atoms with Crippen LogP contribution in [0.4, 0.5) is 0 Å². The fourth-order valence-electron chi connectivity index (χ4n) is 1.82. The lowest BCUT2D eigenvalue weighted by Crippen LogP contribution is -2.48. The molecule has 1 fully saturated rings. The summed E-state index contributed by atoms with van der Waals surface area (Å²) < 4.78 is 17.5.